The van der Waals surface area contributed by atoms with Crippen LogP contribution >= 0.6 is 0 Å². The van der Waals surface area contributed by atoms with Crippen molar-refractivity contribution in [3.63, 3.8) is 0 Å². The summed E-state index contributed by atoms with van der Waals surface area (Å²) >= 11 is 0. The van der Waals surface area contributed by atoms with E-state index in [0.29, 0.717) is 5.92 Å². The first-order valence-electron chi connectivity index (χ1n) is 14.9. The van der Waals surface area contributed by atoms with Gasteiger partial charge in [-0.2, -0.15) is 0 Å². The Labute approximate surface area is 220 Å². The van der Waals surface area contributed by atoms with Crippen LogP contribution in [0.25, 0.3) is 0 Å². The molecule has 0 bridgehead atoms. The third kappa shape index (κ3) is 11.5. The van der Waals surface area contributed by atoms with E-state index in [4.69, 9.17) is 0 Å². The SMILES string of the molecule is C=C(CCCCCCCC(C)C(=C)CC1CC(C)(C)NC(C)(C)C1)CC1CC(C)(C)NC(C)(C)C1. The molecule has 2 N–H and O–H groups in total. The minimum absolute atomic E-state index is 0.238. The molecule has 2 heteroatoms. The molecular formula is C33H62N2. The zero-order chi connectivity index (χ0) is 26.5. The van der Waals surface area contributed by atoms with Crippen LogP contribution in [0.2, 0.25) is 0 Å². The number of allylic oxidation sites excluding steroid dienone is 2. The molecule has 2 nitrogen and oxygen atoms in total. The van der Waals surface area contributed by atoms with E-state index in [-0.39, 0.29) is 22.2 Å². The number of hydrogen-bond donors (Lipinski definition) is 2. The molecule has 0 aromatic heterocycles. The fraction of sp³-hybridized carbons (Fsp3) is 0.879. The molecule has 2 saturated heterocycles. The van der Waals surface area contributed by atoms with Crippen molar-refractivity contribution in [2.24, 2.45) is 17.8 Å². The monoisotopic (exact) mass is 486 g/mol. The Morgan fingerprint density at radius 1 is 0.657 bits per heavy atom. The van der Waals surface area contributed by atoms with Gasteiger partial charge in [-0.15, -0.1) is 0 Å². The third-order valence-electron chi connectivity index (χ3n) is 8.54. The van der Waals surface area contributed by atoms with E-state index in [9.17, 15) is 0 Å². The molecule has 2 heterocycles. The topological polar surface area (TPSA) is 24.1 Å². The van der Waals surface area contributed by atoms with Crippen molar-refractivity contribution in [2.45, 2.75) is 168 Å². The van der Waals surface area contributed by atoms with Gasteiger partial charge >= 0.3 is 0 Å². The van der Waals surface area contributed by atoms with Gasteiger partial charge in [-0.3, -0.25) is 0 Å². The minimum Gasteiger partial charge on any atom is -0.307 e. The van der Waals surface area contributed by atoms with E-state index in [1.54, 1.807) is 0 Å². The third-order valence-corrected chi connectivity index (χ3v) is 8.54. The van der Waals surface area contributed by atoms with Crippen LogP contribution in [0, 0.1) is 17.8 Å². The molecule has 0 radical (unpaired) electrons. The van der Waals surface area contributed by atoms with Crippen LogP contribution in [0.5, 0.6) is 0 Å². The fourth-order valence-corrected chi connectivity index (χ4v) is 8.00. The first-order valence-corrected chi connectivity index (χ1v) is 14.9. The van der Waals surface area contributed by atoms with Crippen LogP contribution in [-0.4, -0.2) is 22.2 Å². The molecule has 0 aromatic carbocycles. The number of rotatable bonds is 13. The van der Waals surface area contributed by atoms with Gasteiger partial charge in [-0.25, -0.2) is 0 Å². The maximum absolute atomic E-state index is 4.52. The second-order valence-corrected chi connectivity index (χ2v) is 15.4. The summed E-state index contributed by atoms with van der Waals surface area (Å²) in [6.45, 7) is 30.2. The van der Waals surface area contributed by atoms with Gasteiger partial charge < -0.3 is 10.6 Å². The molecule has 0 amide bonds. The van der Waals surface area contributed by atoms with Gasteiger partial charge in [0.2, 0.25) is 0 Å². The van der Waals surface area contributed by atoms with E-state index in [1.807, 2.05) is 0 Å². The molecule has 35 heavy (non-hydrogen) atoms. The Balaban J connectivity index is 1.56. The van der Waals surface area contributed by atoms with Crippen LogP contribution in [0.1, 0.15) is 146 Å². The molecule has 2 fully saturated rings. The molecule has 204 valence electrons. The van der Waals surface area contributed by atoms with Gasteiger partial charge in [0.05, 0.1) is 0 Å². The zero-order valence-electron chi connectivity index (χ0n) is 25.3. The predicted molar refractivity (Wildman–Crippen MR) is 157 cm³/mol. The Morgan fingerprint density at radius 3 is 1.54 bits per heavy atom. The molecular weight excluding hydrogens is 424 g/mol. The van der Waals surface area contributed by atoms with E-state index in [1.165, 1.54) is 94.6 Å². The standard InChI is InChI=1S/C33H62N2/c1-25(19-28-21-30(4,5)34-31(6,7)22-28)17-15-13-12-14-16-18-26(2)27(3)20-29-23-32(8,9)35-33(10,11)24-29/h26,28-29,34-35H,1,3,12-24H2,2,4-11H3. The van der Waals surface area contributed by atoms with E-state index < -0.39 is 0 Å². The van der Waals surface area contributed by atoms with Crippen LogP contribution < -0.4 is 10.6 Å². The predicted octanol–water partition coefficient (Wildman–Crippen LogP) is 9.36. The summed E-state index contributed by atoms with van der Waals surface area (Å²) < 4.78 is 0. The van der Waals surface area contributed by atoms with Gasteiger partial charge in [0.1, 0.15) is 0 Å². The number of hydrogen-bond acceptors (Lipinski definition) is 2. The van der Waals surface area contributed by atoms with Crippen molar-refractivity contribution < 1.29 is 0 Å². The van der Waals surface area contributed by atoms with Gasteiger partial charge in [0.15, 0.2) is 0 Å². The van der Waals surface area contributed by atoms with E-state index >= 15 is 0 Å². The van der Waals surface area contributed by atoms with Gasteiger partial charge in [0, 0.05) is 22.2 Å². The first-order chi connectivity index (χ1) is 16.0. The van der Waals surface area contributed by atoms with Gasteiger partial charge in [-0.1, -0.05) is 56.9 Å². The van der Waals surface area contributed by atoms with Crippen molar-refractivity contribution in [2.75, 3.05) is 0 Å². The molecule has 0 spiro atoms. The highest BCUT2D eigenvalue weighted by Gasteiger charge is 2.38. The maximum Gasteiger partial charge on any atom is 0.0132 e. The maximum atomic E-state index is 4.52. The van der Waals surface area contributed by atoms with Crippen molar-refractivity contribution >= 4 is 0 Å². The number of unbranched alkanes of at least 4 members (excludes halogenated alkanes) is 4. The highest BCUT2D eigenvalue weighted by atomic mass is 15.1. The summed E-state index contributed by atoms with van der Waals surface area (Å²) in [7, 11) is 0. The normalized spacial score (nSPS) is 24.7. The lowest BCUT2D eigenvalue weighted by molar-refractivity contribution is 0.127. The molecule has 1 atom stereocenters. The Hall–Kier alpha value is -0.600. The number of nitrogens with one attached hydrogen (secondary N) is 2. The zero-order valence-corrected chi connectivity index (χ0v) is 25.3. The van der Waals surface area contributed by atoms with E-state index in [2.05, 4.69) is 86.1 Å². The van der Waals surface area contributed by atoms with Crippen LogP contribution in [0.4, 0.5) is 0 Å². The first kappa shape index (κ1) is 30.6. The summed E-state index contributed by atoms with van der Waals surface area (Å²) in [5.41, 5.74) is 3.94. The van der Waals surface area contributed by atoms with Crippen molar-refractivity contribution in [3.05, 3.63) is 24.3 Å². The summed E-state index contributed by atoms with van der Waals surface area (Å²) in [5.74, 6) is 2.21. The smallest absolute Gasteiger partial charge is 0.0132 e. The summed E-state index contributed by atoms with van der Waals surface area (Å²) in [6.07, 6.45) is 16.8. The number of piperidine rings is 2. The van der Waals surface area contributed by atoms with Gasteiger partial charge in [0.25, 0.3) is 0 Å². The average molecular weight is 487 g/mol. The van der Waals surface area contributed by atoms with Crippen LogP contribution in [-0.2, 0) is 0 Å². The second kappa shape index (κ2) is 12.3. The fourth-order valence-electron chi connectivity index (χ4n) is 8.00. The van der Waals surface area contributed by atoms with Crippen LogP contribution in [0.3, 0.4) is 0 Å². The quantitative estimate of drug-likeness (QED) is 0.200. The molecule has 2 rings (SSSR count). The minimum atomic E-state index is 0.238. The summed E-state index contributed by atoms with van der Waals surface area (Å²) in [5, 5.41) is 7.63. The summed E-state index contributed by atoms with van der Waals surface area (Å²) in [4.78, 5) is 0. The lowest BCUT2D eigenvalue weighted by Gasteiger charge is -2.47. The molecule has 0 aromatic rings. The molecule has 0 aliphatic carbocycles. The Kier molecular flexibility index (Phi) is 10.8. The van der Waals surface area contributed by atoms with Crippen molar-refractivity contribution in [1.29, 1.82) is 0 Å². The summed E-state index contributed by atoms with van der Waals surface area (Å²) in [6, 6.07) is 0. The molecule has 0 saturated carbocycles. The average Bonchev–Trinajstić information content (AvgIpc) is 2.61. The highest BCUT2D eigenvalue weighted by molar-refractivity contribution is 5.06. The van der Waals surface area contributed by atoms with E-state index in [0.717, 1.165) is 11.8 Å². The lowest BCUT2D eigenvalue weighted by Crippen LogP contribution is -2.57. The van der Waals surface area contributed by atoms with Crippen molar-refractivity contribution in [3.8, 4) is 0 Å². The van der Waals surface area contributed by atoms with Crippen molar-refractivity contribution in [1.82, 2.24) is 10.6 Å². The van der Waals surface area contributed by atoms with Gasteiger partial charge in [-0.05, 0) is 131 Å². The Bertz CT molecular complexity index is 664. The molecule has 2 aliphatic rings. The molecule has 1 unspecified atom stereocenters. The lowest BCUT2D eigenvalue weighted by atomic mass is 9.72. The van der Waals surface area contributed by atoms with Crippen LogP contribution in [0.15, 0.2) is 24.3 Å². The Morgan fingerprint density at radius 2 is 1.06 bits per heavy atom. The second-order valence-electron chi connectivity index (χ2n) is 15.4. The highest BCUT2D eigenvalue weighted by Crippen LogP contribution is 2.38. The largest absolute Gasteiger partial charge is 0.307 e. The molecule has 2 aliphatic heterocycles.